The fraction of sp³-hybridized carbons (Fsp3) is 0.467. The van der Waals surface area contributed by atoms with E-state index < -0.39 is 8.07 Å². The maximum atomic E-state index is 10.8. The maximum absolute atomic E-state index is 10.8. The van der Waals surface area contributed by atoms with Gasteiger partial charge in [-0.15, -0.1) is 11.8 Å². The van der Waals surface area contributed by atoms with Gasteiger partial charge in [0.2, 0.25) is 0 Å². The second-order valence-electron chi connectivity index (χ2n) is 5.97. The molecule has 0 N–H and O–H groups in total. The summed E-state index contributed by atoms with van der Waals surface area (Å²) in [6.07, 6.45) is 2.92. The minimum atomic E-state index is -1.21. The quantitative estimate of drug-likeness (QED) is 0.344. The Labute approximate surface area is 137 Å². The van der Waals surface area contributed by atoms with Gasteiger partial charge in [-0.3, -0.25) is 9.79 Å². The Kier molecular flexibility index (Phi) is 6.97. The number of esters is 1. The fourth-order valence-electron chi connectivity index (χ4n) is 1.56. The molecule has 0 aliphatic carbocycles. The molecule has 1 aromatic carbocycles. The summed E-state index contributed by atoms with van der Waals surface area (Å²) in [5.41, 5.74) is 1.82. The molecule has 0 spiro atoms. The van der Waals surface area contributed by atoms with E-state index in [0.29, 0.717) is 5.02 Å². The normalized spacial score (nSPS) is 12.4. The van der Waals surface area contributed by atoms with Crippen molar-refractivity contribution in [2.24, 2.45) is 4.99 Å². The average molecular weight is 344 g/mol. The third kappa shape index (κ3) is 6.67. The first-order valence-electron chi connectivity index (χ1n) is 6.73. The van der Waals surface area contributed by atoms with Crippen LogP contribution in [0.1, 0.15) is 18.1 Å². The lowest BCUT2D eigenvalue weighted by atomic mass is 10.1. The van der Waals surface area contributed by atoms with Crippen molar-refractivity contribution in [3.05, 3.63) is 34.3 Å². The van der Waals surface area contributed by atoms with E-state index in [9.17, 15) is 4.79 Å². The van der Waals surface area contributed by atoms with Gasteiger partial charge in [-0.1, -0.05) is 43.4 Å². The van der Waals surface area contributed by atoms with Crippen LogP contribution in [-0.2, 0) is 16.1 Å². The van der Waals surface area contributed by atoms with Gasteiger partial charge in [0.05, 0.1) is 13.1 Å². The number of ether oxygens (including phenoxy) is 1. The molecule has 21 heavy (non-hydrogen) atoms. The predicted octanol–water partition coefficient (Wildman–Crippen LogP) is 4.39. The van der Waals surface area contributed by atoms with Crippen LogP contribution in [0.2, 0.25) is 24.7 Å². The molecule has 6 heteroatoms. The predicted molar refractivity (Wildman–Crippen MR) is 95.2 cm³/mol. The van der Waals surface area contributed by atoms with E-state index in [1.54, 1.807) is 11.8 Å². The van der Waals surface area contributed by atoms with Crippen LogP contribution in [0.4, 0.5) is 0 Å². The number of thioether (sulfide) groups is 1. The summed E-state index contributed by atoms with van der Waals surface area (Å²) >= 11 is 7.88. The Balaban J connectivity index is 2.92. The summed E-state index contributed by atoms with van der Waals surface area (Å²) in [5, 5.41) is 1.60. The van der Waals surface area contributed by atoms with E-state index in [2.05, 4.69) is 19.6 Å². The molecule has 116 valence electrons. The standard InChI is InChI=1S/C15H22ClNO2SSi/c1-11(18)19-9-13-7-6-12(8-14(13)16)15(20-2)17-10-21(3,4)5/h6-8H,9-10H2,1-5H3/b17-15-. The second-order valence-corrected chi connectivity index (χ2v) is 12.6. The topological polar surface area (TPSA) is 38.7 Å². The lowest BCUT2D eigenvalue weighted by molar-refractivity contribution is -0.142. The Bertz CT molecular complexity index is 541. The van der Waals surface area contributed by atoms with Gasteiger partial charge in [0.1, 0.15) is 6.61 Å². The van der Waals surface area contributed by atoms with Gasteiger partial charge in [-0.25, -0.2) is 0 Å². The lowest BCUT2D eigenvalue weighted by Gasteiger charge is -2.14. The molecule has 0 bridgehead atoms. The summed E-state index contributed by atoms with van der Waals surface area (Å²) in [7, 11) is -1.21. The maximum Gasteiger partial charge on any atom is 0.302 e. The Hall–Kier alpha value is -0.783. The highest BCUT2D eigenvalue weighted by atomic mass is 35.5. The number of nitrogens with zero attached hydrogens (tertiary/aromatic N) is 1. The summed E-state index contributed by atoms with van der Waals surface area (Å²) < 4.78 is 4.97. The van der Waals surface area contributed by atoms with Crippen LogP contribution in [-0.4, -0.2) is 31.5 Å². The van der Waals surface area contributed by atoms with Crippen molar-refractivity contribution in [3.8, 4) is 0 Å². The first-order valence-corrected chi connectivity index (χ1v) is 12.0. The summed E-state index contributed by atoms with van der Waals surface area (Å²) in [4.78, 5) is 15.6. The van der Waals surface area contributed by atoms with Gasteiger partial charge in [-0.2, -0.15) is 0 Å². The van der Waals surface area contributed by atoms with Crippen LogP contribution in [0.15, 0.2) is 23.2 Å². The summed E-state index contributed by atoms with van der Waals surface area (Å²) in [6, 6.07) is 5.76. The van der Waals surface area contributed by atoms with Gasteiger partial charge in [-0.05, 0) is 12.3 Å². The van der Waals surface area contributed by atoms with E-state index in [-0.39, 0.29) is 12.6 Å². The molecule has 0 atom stereocenters. The van der Waals surface area contributed by atoms with E-state index in [4.69, 9.17) is 21.3 Å². The van der Waals surface area contributed by atoms with Crippen molar-refractivity contribution in [1.29, 1.82) is 0 Å². The first kappa shape index (κ1) is 18.3. The van der Waals surface area contributed by atoms with Crippen molar-refractivity contribution in [3.63, 3.8) is 0 Å². The molecular weight excluding hydrogens is 322 g/mol. The van der Waals surface area contributed by atoms with E-state index in [1.165, 1.54) is 6.92 Å². The number of benzene rings is 1. The lowest BCUT2D eigenvalue weighted by Crippen LogP contribution is -2.25. The van der Waals surface area contributed by atoms with Gasteiger partial charge < -0.3 is 4.74 Å². The van der Waals surface area contributed by atoms with Crippen molar-refractivity contribution in [1.82, 2.24) is 0 Å². The van der Waals surface area contributed by atoms with Gasteiger partial charge in [0.25, 0.3) is 0 Å². The molecular formula is C15H22ClNO2SSi. The number of hydrogen-bond donors (Lipinski definition) is 0. The minimum absolute atomic E-state index is 0.203. The average Bonchev–Trinajstić information content (AvgIpc) is 2.37. The SMILES string of the molecule is CS/C(=N\C[Si](C)(C)C)c1ccc(COC(C)=O)c(Cl)c1. The molecule has 1 aromatic rings. The van der Waals surface area contributed by atoms with E-state index in [0.717, 1.165) is 22.3 Å². The van der Waals surface area contributed by atoms with Gasteiger partial charge in [0.15, 0.2) is 0 Å². The molecule has 3 nitrogen and oxygen atoms in total. The molecule has 0 aromatic heterocycles. The molecule has 0 radical (unpaired) electrons. The van der Waals surface area contributed by atoms with Crippen molar-refractivity contribution >= 4 is 42.4 Å². The smallest absolute Gasteiger partial charge is 0.302 e. The third-order valence-electron chi connectivity index (χ3n) is 2.62. The zero-order valence-electron chi connectivity index (χ0n) is 13.2. The summed E-state index contributed by atoms with van der Waals surface area (Å²) in [5.74, 6) is -0.309. The number of hydrogen-bond acceptors (Lipinski definition) is 4. The molecule has 0 heterocycles. The molecule has 0 aliphatic rings. The number of aliphatic imine (C=N–C) groups is 1. The van der Waals surface area contributed by atoms with Gasteiger partial charge in [0, 0.05) is 29.2 Å². The number of halogens is 1. The van der Waals surface area contributed by atoms with Crippen LogP contribution < -0.4 is 0 Å². The second kappa shape index (κ2) is 8.01. The highest BCUT2D eigenvalue weighted by Gasteiger charge is 2.13. The number of carbonyl (C=O) groups is 1. The van der Waals surface area contributed by atoms with Crippen molar-refractivity contribution < 1.29 is 9.53 Å². The Morgan fingerprint density at radius 3 is 2.52 bits per heavy atom. The molecule has 0 amide bonds. The first-order chi connectivity index (χ1) is 9.73. The van der Waals surface area contributed by atoms with Crippen LogP contribution in [0.25, 0.3) is 0 Å². The largest absolute Gasteiger partial charge is 0.461 e. The molecule has 0 unspecified atom stereocenters. The number of carbonyl (C=O) groups excluding carboxylic acids is 1. The highest BCUT2D eigenvalue weighted by Crippen LogP contribution is 2.22. The van der Waals surface area contributed by atoms with Crippen molar-refractivity contribution in [2.45, 2.75) is 33.2 Å². The molecule has 0 fully saturated rings. The van der Waals surface area contributed by atoms with Crippen LogP contribution in [0, 0.1) is 0 Å². The highest BCUT2D eigenvalue weighted by molar-refractivity contribution is 8.13. The van der Waals surface area contributed by atoms with Crippen molar-refractivity contribution in [2.75, 3.05) is 12.4 Å². The Morgan fingerprint density at radius 1 is 1.38 bits per heavy atom. The zero-order chi connectivity index (χ0) is 16.0. The van der Waals surface area contributed by atoms with E-state index >= 15 is 0 Å². The fourth-order valence-corrected chi connectivity index (χ4v) is 3.10. The van der Waals surface area contributed by atoms with Gasteiger partial charge >= 0.3 is 5.97 Å². The monoisotopic (exact) mass is 343 g/mol. The minimum Gasteiger partial charge on any atom is -0.461 e. The molecule has 0 aliphatic heterocycles. The third-order valence-corrected chi connectivity index (χ3v) is 4.83. The molecule has 0 saturated carbocycles. The van der Waals surface area contributed by atoms with Crippen LogP contribution >= 0.6 is 23.4 Å². The number of rotatable bonds is 5. The summed E-state index contributed by atoms with van der Waals surface area (Å²) in [6.45, 7) is 8.48. The Morgan fingerprint density at radius 2 is 2.05 bits per heavy atom. The molecule has 1 rings (SSSR count). The van der Waals surface area contributed by atoms with Crippen LogP contribution in [0.3, 0.4) is 0 Å². The van der Waals surface area contributed by atoms with Crippen LogP contribution in [0.5, 0.6) is 0 Å². The molecule has 0 saturated heterocycles. The van der Waals surface area contributed by atoms with E-state index in [1.807, 2.05) is 24.5 Å². The zero-order valence-corrected chi connectivity index (χ0v) is 15.8.